The average Bonchev–Trinajstić information content (AvgIpc) is 2.37. The number of halogens is 1. The molecule has 110 valence electrons. The first-order chi connectivity index (χ1) is 9.17. The van der Waals surface area contributed by atoms with E-state index in [0.717, 1.165) is 0 Å². The van der Waals surface area contributed by atoms with Crippen LogP contribution >= 0.6 is 0 Å². The smallest absolute Gasteiger partial charge is 0.329 e. The minimum Gasteiger partial charge on any atom is -0.480 e. The van der Waals surface area contributed by atoms with Crippen LogP contribution in [-0.4, -0.2) is 34.5 Å². The summed E-state index contributed by atoms with van der Waals surface area (Å²) in [6.07, 6.45) is 0.0636. The van der Waals surface area contributed by atoms with Crippen molar-refractivity contribution in [3.05, 3.63) is 35.6 Å². The molecule has 1 N–H and O–H groups in total. The van der Waals surface area contributed by atoms with E-state index < -0.39 is 11.5 Å². The van der Waals surface area contributed by atoms with E-state index in [0.29, 0.717) is 5.56 Å². The van der Waals surface area contributed by atoms with Gasteiger partial charge in [0.1, 0.15) is 11.4 Å². The van der Waals surface area contributed by atoms with Crippen LogP contribution in [0.4, 0.5) is 4.39 Å². The Bertz CT molecular complexity index is 514. The van der Waals surface area contributed by atoms with E-state index in [-0.39, 0.29) is 24.1 Å². The molecule has 0 fully saturated rings. The predicted molar refractivity (Wildman–Crippen MR) is 73.9 cm³/mol. The van der Waals surface area contributed by atoms with Crippen molar-refractivity contribution in [2.75, 3.05) is 7.05 Å². The van der Waals surface area contributed by atoms with Gasteiger partial charge in [-0.1, -0.05) is 25.1 Å². The maximum atomic E-state index is 13.6. The van der Waals surface area contributed by atoms with Crippen LogP contribution in [-0.2, 0) is 9.59 Å². The van der Waals surface area contributed by atoms with E-state index in [9.17, 15) is 14.0 Å². The molecule has 5 heteroatoms. The van der Waals surface area contributed by atoms with Crippen molar-refractivity contribution in [1.82, 2.24) is 4.90 Å². The molecule has 1 aromatic carbocycles. The summed E-state index contributed by atoms with van der Waals surface area (Å²) >= 11 is 0. The fourth-order valence-corrected chi connectivity index (χ4v) is 1.84. The third kappa shape index (κ3) is 3.35. The standard InChI is InChI=1S/C15H20FNO3/c1-10(11-7-5-6-8-12(11)16)9-13(18)17(4)15(2,3)14(19)20/h5-8,10H,9H2,1-4H3,(H,19,20). The van der Waals surface area contributed by atoms with Crippen LogP contribution in [0.3, 0.4) is 0 Å². The highest BCUT2D eigenvalue weighted by molar-refractivity contribution is 5.86. The van der Waals surface area contributed by atoms with Crippen molar-refractivity contribution in [3.63, 3.8) is 0 Å². The van der Waals surface area contributed by atoms with E-state index in [1.165, 1.54) is 31.9 Å². The van der Waals surface area contributed by atoms with Crippen LogP contribution in [0.25, 0.3) is 0 Å². The lowest BCUT2D eigenvalue weighted by Crippen LogP contribution is -2.51. The van der Waals surface area contributed by atoms with E-state index in [2.05, 4.69) is 0 Å². The number of carbonyl (C=O) groups excluding carboxylic acids is 1. The second-order valence-corrected chi connectivity index (χ2v) is 5.44. The van der Waals surface area contributed by atoms with E-state index in [4.69, 9.17) is 5.11 Å². The van der Waals surface area contributed by atoms with Gasteiger partial charge in [0.15, 0.2) is 0 Å². The molecular weight excluding hydrogens is 261 g/mol. The number of amides is 1. The van der Waals surface area contributed by atoms with Crippen LogP contribution in [0, 0.1) is 5.82 Å². The SMILES string of the molecule is CC(CC(=O)N(C)C(C)(C)C(=O)O)c1ccccc1F. The summed E-state index contributed by atoms with van der Waals surface area (Å²) in [5, 5.41) is 9.10. The van der Waals surface area contributed by atoms with Gasteiger partial charge in [0, 0.05) is 13.5 Å². The van der Waals surface area contributed by atoms with Crippen molar-refractivity contribution in [3.8, 4) is 0 Å². The number of likely N-dealkylation sites (N-methyl/N-ethyl adjacent to an activating group) is 1. The van der Waals surface area contributed by atoms with Gasteiger partial charge >= 0.3 is 5.97 Å². The number of nitrogens with zero attached hydrogens (tertiary/aromatic N) is 1. The highest BCUT2D eigenvalue weighted by atomic mass is 19.1. The first-order valence-corrected chi connectivity index (χ1v) is 6.42. The quantitative estimate of drug-likeness (QED) is 0.902. The summed E-state index contributed by atoms with van der Waals surface area (Å²) in [7, 11) is 1.45. The maximum Gasteiger partial charge on any atom is 0.329 e. The number of benzene rings is 1. The number of carboxylic acids is 1. The Morgan fingerprint density at radius 2 is 1.90 bits per heavy atom. The van der Waals surface area contributed by atoms with Gasteiger partial charge in [0.25, 0.3) is 0 Å². The van der Waals surface area contributed by atoms with Gasteiger partial charge in [-0.15, -0.1) is 0 Å². The number of rotatable bonds is 5. The molecule has 0 aliphatic rings. The topological polar surface area (TPSA) is 57.6 Å². The molecule has 1 atom stereocenters. The average molecular weight is 281 g/mol. The zero-order valence-corrected chi connectivity index (χ0v) is 12.2. The van der Waals surface area contributed by atoms with Gasteiger partial charge in [0.2, 0.25) is 5.91 Å². The number of carboxylic acid groups (broad SMARTS) is 1. The summed E-state index contributed by atoms with van der Waals surface area (Å²) in [5.41, 5.74) is -0.825. The van der Waals surface area contributed by atoms with Crippen LogP contribution in [0.15, 0.2) is 24.3 Å². The monoisotopic (exact) mass is 281 g/mol. The zero-order chi connectivity index (χ0) is 15.5. The minimum atomic E-state index is -1.29. The third-order valence-electron chi connectivity index (χ3n) is 3.65. The Morgan fingerprint density at radius 1 is 1.35 bits per heavy atom. The molecule has 0 spiro atoms. The number of aliphatic carboxylic acids is 1. The Hall–Kier alpha value is -1.91. The molecule has 0 bridgehead atoms. The van der Waals surface area contributed by atoms with Crippen LogP contribution in [0.2, 0.25) is 0 Å². The summed E-state index contributed by atoms with van der Waals surface area (Å²) in [4.78, 5) is 24.4. The highest BCUT2D eigenvalue weighted by Gasteiger charge is 2.35. The van der Waals surface area contributed by atoms with E-state index >= 15 is 0 Å². The Labute approximate surface area is 118 Å². The van der Waals surface area contributed by atoms with E-state index in [1.54, 1.807) is 25.1 Å². The lowest BCUT2D eigenvalue weighted by Gasteiger charge is -2.32. The molecule has 1 rings (SSSR count). The summed E-state index contributed by atoms with van der Waals surface area (Å²) in [6, 6.07) is 6.29. The van der Waals surface area contributed by atoms with Gasteiger partial charge in [-0.25, -0.2) is 9.18 Å². The van der Waals surface area contributed by atoms with Gasteiger partial charge in [-0.3, -0.25) is 4.79 Å². The molecule has 4 nitrogen and oxygen atoms in total. The second-order valence-electron chi connectivity index (χ2n) is 5.44. The van der Waals surface area contributed by atoms with Gasteiger partial charge in [-0.2, -0.15) is 0 Å². The normalized spacial score (nSPS) is 12.8. The second kappa shape index (κ2) is 6.03. The lowest BCUT2D eigenvalue weighted by molar-refractivity contribution is -0.155. The fourth-order valence-electron chi connectivity index (χ4n) is 1.84. The van der Waals surface area contributed by atoms with Crippen LogP contribution < -0.4 is 0 Å². The molecule has 1 unspecified atom stereocenters. The van der Waals surface area contributed by atoms with Gasteiger partial charge in [-0.05, 0) is 31.4 Å². The summed E-state index contributed by atoms with van der Waals surface area (Å²) in [6.45, 7) is 4.67. The molecule has 0 aliphatic carbocycles. The molecular formula is C15H20FNO3. The highest BCUT2D eigenvalue weighted by Crippen LogP contribution is 2.24. The van der Waals surface area contributed by atoms with Crippen molar-refractivity contribution >= 4 is 11.9 Å². The Kier molecular flexibility index (Phi) is 4.87. The Balaban J connectivity index is 2.81. The summed E-state index contributed by atoms with van der Waals surface area (Å²) < 4.78 is 13.6. The third-order valence-corrected chi connectivity index (χ3v) is 3.65. The first-order valence-electron chi connectivity index (χ1n) is 6.42. The minimum absolute atomic E-state index is 0.0636. The van der Waals surface area contributed by atoms with E-state index in [1.807, 2.05) is 0 Å². The number of hydrogen-bond donors (Lipinski definition) is 1. The maximum absolute atomic E-state index is 13.6. The number of carbonyl (C=O) groups is 2. The largest absolute Gasteiger partial charge is 0.480 e. The summed E-state index contributed by atoms with van der Waals surface area (Å²) in [5.74, 6) is -2.07. The number of hydrogen-bond acceptors (Lipinski definition) is 2. The Morgan fingerprint density at radius 3 is 2.40 bits per heavy atom. The van der Waals surface area contributed by atoms with Crippen molar-refractivity contribution < 1.29 is 19.1 Å². The molecule has 0 saturated heterocycles. The molecule has 0 aromatic heterocycles. The molecule has 1 aromatic rings. The molecule has 0 heterocycles. The van der Waals surface area contributed by atoms with Gasteiger partial charge < -0.3 is 10.0 Å². The first kappa shape index (κ1) is 16.1. The molecule has 1 amide bonds. The predicted octanol–water partition coefficient (Wildman–Crippen LogP) is 2.64. The van der Waals surface area contributed by atoms with Crippen molar-refractivity contribution in [2.45, 2.75) is 38.6 Å². The van der Waals surface area contributed by atoms with Crippen molar-refractivity contribution in [2.24, 2.45) is 0 Å². The molecule has 0 aliphatic heterocycles. The zero-order valence-electron chi connectivity index (χ0n) is 12.2. The molecule has 0 radical (unpaired) electrons. The van der Waals surface area contributed by atoms with Crippen molar-refractivity contribution in [1.29, 1.82) is 0 Å². The molecule has 0 saturated carbocycles. The van der Waals surface area contributed by atoms with Gasteiger partial charge in [0.05, 0.1) is 0 Å². The fraction of sp³-hybridized carbons (Fsp3) is 0.467. The van der Waals surface area contributed by atoms with Crippen LogP contribution in [0.1, 0.15) is 38.7 Å². The molecule has 20 heavy (non-hydrogen) atoms. The van der Waals surface area contributed by atoms with Crippen LogP contribution in [0.5, 0.6) is 0 Å². The lowest BCUT2D eigenvalue weighted by atomic mass is 9.95.